The summed E-state index contributed by atoms with van der Waals surface area (Å²) < 4.78 is 0.0149. The highest BCUT2D eigenvalue weighted by Crippen LogP contribution is 1.98. The summed E-state index contributed by atoms with van der Waals surface area (Å²) in [5, 5.41) is 0. The second-order valence-electron chi connectivity index (χ2n) is 1.84. The molecule has 0 heterocycles. The minimum absolute atomic E-state index is 0.0149. The number of hydrogen-bond acceptors (Lipinski definition) is 3. The van der Waals surface area contributed by atoms with Gasteiger partial charge in [-0.15, -0.1) is 0 Å². The lowest BCUT2D eigenvalue weighted by Crippen LogP contribution is -2.26. The first-order chi connectivity index (χ1) is 4.18. The topological polar surface area (TPSA) is 69.1 Å². The Labute approximate surface area is 68.3 Å². The highest BCUT2D eigenvalue weighted by molar-refractivity contribution is 14.1. The molecule has 4 heteroatoms. The van der Waals surface area contributed by atoms with Crippen LogP contribution < -0.4 is 11.5 Å². The first-order valence-electron chi connectivity index (χ1n) is 2.83. The maximum Gasteiger partial charge on any atom is 0.208 e. The molecule has 0 rings (SSSR count). The Morgan fingerprint density at radius 3 is 2.56 bits per heavy atom. The fraction of sp³-hybridized carbons (Fsp3) is 0.800. The maximum atomic E-state index is 10.5. The highest BCUT2D eigenvalue weighted by atomic mass is 127. The molecule has 0 aliphatic rings. The predicted octanol–water partition coefficient (Wildman–Crippen LogP) is 0.0142. The third-order valence-corrected chi connectivity index (χ3v) is 1.81. The van der Waals surface area contributed by atoms with Gasteiger partial charge in [-0.2, -0.15) is 0 Å². The molecule has 0 radical (unpaired) electrons. The number of carbonyl (C=O) groups excluding carboxylic acids is 1. The van der Waals surface area contributed by atoms with Crippen LogP contribution >= 0.6 is 22.6 Å². The fourth-order valence-corrected chi connectivity index (χ4v) is 0.763. The summed E-state index contributed by atoms with van der Waals surface area (Å²) in [5.41, 5.74) is 10.6. The average molecular weight is 242 g/mol. The lowest BCUT2D eigenvalue weighted by Gasteiger charge is -2.02. The summed E-state index contributed by atoms with van der Waals surface area (Å²) in [6, 6.07) is -0.311. The number of halogens is 1. The molecule has 9 heavy (non-hydrogen) atoms. The van der Waals surface area contributed by atoms with Crippen molar-refractivity contribution in [2.24, 2.45) is 11.5 Å². The summed E-state index contributed by atoms with van der Waals surface area (Å²) >= 11 is 1.70. The number of carbonyl (C=O) groups is 1. The van der Waals surface area contributed by atoms with Crippen LogP contribution in [-0.2, 0) is 4.79 Å². The molecule has 0 bridgehead atoms. The van der Waals surface area contributed by atoms with Gasteiger partial charge in [-0.3, -0.25) is 4.79 Å². The maximum absolute atomic E-state index is 10.5. The van der Waals surface area contributed by atoms with E-state index in [0.29, 0.717) is 13.0 Å². The number of hydrogen-bond donors (Lipinski definition) is 2. The summed E-state index contributed by atoms with van der Waals surface area (Å²) in [5.74, 6) is 0. The van der Waals surface area contributed by atoms with Crippen LogP contribution in [0.3, 0.4) is 0 Å². The first-order valence-corrected chi connectivity index (χ1v) is 3.91. The van der Waals surface area contributed by atoms with Crippen LogP contribution in [0, 0.1) is 0 Å². The van der Waals surface area contributed by atoms with E-state index < -0.39 is 0 Å². The van der Waals surface area contributed by atoms with E-state index in [0.717, 1.165) is 6.42 Å². The molecule has 0 aromatic carbocycles. The van der Waals surface area contributed by atoms with Crippen molar-refractivity contribution in [3.63, 3.8) is 0 Å². The van der Waals surface area contributed by atoms with Crippen molar-refractivity contribution >= 4 is 26.4 Å². The fourth-order valence-electron chi connectivity index (χ4n) is 0.451. The van der Waals surface area contributed by atoms with E-state index in [-0.39, 0.29) is 9.83 Å². The second kappa shape index (κ2) is 5.13. The molecule has 1 atom stereocenters. The summed E-state index contributed by atoms with van der Waals surface area (Å²) in [6.45, 7) is 0.609. The zero-order valence-corrected chi connectivity index (χ0v) is 7.30. The smallest absolute Gasteiger partial charge is 0.208 e. The molecule has 0 aliphatic carbocycles. The van der Waals surface area contributed by atoms with Crippen molar-refractivity contribution in [2.75, 3.05) is 6.54 Å². The van der Waals surface area contributed by atoms with Gasteiger partial charge in [-0.1, -0.05) is 0 Å². The molecular formula is C5H11IN2O. The van der Waals surface area contributed by atoms with Gasteiger partial charge in [0.15, 0.2) is 0 Å². The van der Waals surface area contributed by atoms with E-state index in [1.807, 2.05) is 0 Å². The van der Waals surface area contributed by atoms with Crippen LogP contribution in [0.15, 0.2) is 0 Å². The van der Waals surface area contributed by atoms with Crippen molar-refractivity contribution in [1.29, 1.82) is 0 Å². The van der Waals surface area contributed by atoms with Crippen molar-refractivity contribution in [3.05, 3.63) is 0 Å². The molecule has 0 spiro atoms. The Morgan fingerprint density at radius 2 is 2.22 bits per heavy atom. The van der Waals surface area contributed by atoms with E-state index in [2.05, 4.69) is 0 Å². The summed E-state index contributed by atoms with van der Waals surface area (Å²) in [6.07, 6.45) is 1.54. The zero-order valence-electron chi connectivity index (χ0n) is 5.14. The van der Waals surface area contributed by atoms with Gasteiger partial charge in [0.2, 0.25) is 3.79 Å². The lowest BCUT2D eigenvalue weighted by molar-refractivity contribution is -0.110. The van der Waals surface area contributed by atoms with Crippen molar-refractivity contribution in [1.82, 2.24) is 0 Å². The summed E-state index contributed by atoms with van der Waals surface area (Å²) in [4.78, 5) is 10.5. The van der Waals surface area contributed by atoms with Crippen LogP contribution in [0.1, 0.15) is 12.8 Å². The molecule has 4 N–H and O–H groups in total. The molecule has 54 valence electrons. The Balaban J connectivity index is 3.27. The SMILES string of the molecule is NCCC[C@@H](N)C(=O)I. The van der Waals surface area contributed by atoms with Crippen LogP contribution in [0.25, 0.3) is 0 Å². The van der Waals surface area contributed by atoms with Crippen molar-refractivity contribution < 1.29 is 4.79 Å². The Kier molecular flexibility index (Phi) is 5.31. The molecule has 3 nitrogen and oxygen atoms in total. The van der Waals surface area contributed by atoms with Gasteiger partial charge in [0.25, 0.3) is 0 Å². The van der Waals surface area contributed by atoms with Gasteiger partial charge in [0.05, 0.1) is 6.04 Å². The molecule has 0 unspecified atom stereocenters. The normalized spacial score (nSPS) is 13.2. The molecule has 0 amide bonds. The predicted molar refractivity (Wildman–Crippen MR) is 45.3 cm³/mol. The Morgan fingerprint density at radius 1 is 1.67 bits per heavy atom. The average Bonchev–Trinajstić information content (AvgIpc) is 1.82. The van der Waals surface area contributed by atoms with Crippen LogP contribution in [-0.4, -0.2) is 16.4 Å². The molecule has 0 saturated carbocycles. The molecule has 0 aromatic rings. The number of nitrogens with two attached hydrogens (primary N) is 2. The second-order valence-corrected chi connectivity index (χ2v) is 2.90. The molecule has 0 fully saturated rings. The minimum Gasteiger partial charge on any atom is -0.330 e. The zero-order chi connectivity index (χ0) is 7.28. The number of rotatable bonds is 4. The quantitative estimate of drug-likeness (QED) is 0.539. The van der Waals surface area contributed by atoms with Crippen LogP contribution in [0.4, 0.5) is 0 Å². The van der Waals surface area contributed by atoms with Crippen LogP contribution in [0.2, 0.25) is 0 Å². The summed E-state index contributed by atoms with van der Waals surface area (Å²) in [7, 11) is 0. The van der Waals surface area contributed by atoms with Crippen LogP contribution in [0.5, 0.6) is 0 Å². The molecule has 0 aliphatic heterocycles. The van der Waals surface area contributed by atoms with Crippen molar-refractivity contribution in [2.45, 2.75) is 18.9 Å². The molecular weight excluding hydrogens is 231 g/mol. The Hall–Kier alpha value is 0.320. The van der Waals surface area contributed by atoms with E-state index in [1.54, 1.807) is 22.6 Å². The van der Waals surface area contributed by atoms with Gasteiger partial charge < -0.3 is 11.5 Å². The Bertz CT molecular complexity index is 97.0. The monoisotopic (exact) mass is 242 g/mol. The van der Waals surface area contributed by atoms with E-state index >= 15 is 0 Å². The standard InChI is InChI=1S/C5H11IN2O/c6-5(9)4(8)2-1-3-7/h4H,1-3,7-8H2/t4-/m1/s1. The van der Waals surface area contributed by atoms with Gasteiger partial charge in [-0.05, 0) is 19.4 Å². The highest BCUT2D eigenvalue weighted by Gasteiger charge is 2.07. The van der Waals surface area contributed by atoms with Gasteiger partial charge in [-0.25, -0.2) is 0 Å². The largest absolute Gasteiger partial charge is 0.330 e. The molecule has 0 aromatic heterocycles. The van der Waals surface area contributed by atoms with E-state index in [1.165, 1.54) is 0 Å². The van der Waals surface area contributed by atoms with Gasteiger partial charge in [0.1, 0.15) is 0 Å². The molecule has 0 saturated heterocycles. The minimum atomic E-state index is -0.311. The van der Waals surface area contributed by atoms with E-state index in [9.17, 15) is 4.79 Å². The first kappa shape index (κ1) is 9.32. The van der Waals surface area contributed by atoms with Gasteiger partial charge >= 0.3 is 0 Å². The van der Waals surface area contributed by atoms with Crippen molar-refractivity contribution in [3.8, 4) is 0 Å². The third-order valence-electron chi connectivity index (χ3n) is 1.01. The third kappa shape index (κ3) is 4.80. The lowest BCUT2D eigenvalue weighted by atomic mass is 10.2. The van der Waals surface area contributed by atoms with E-state index in [4.69, 9.17) is 11.5 Å². The van der Waals surface area contributed by atoms with Gasteiger partial charge in [0, 0.05) is 22.6 Å².